The minimum atomic E-state index is 0.765. The quantitative estimate of drug-likeness (QED) is 0.599. The molecule has 2 rings (SSSR count). The Morgan fingerprint density at radius 2 is 2.14 bits per heavy atom. The van der Waals surface area contributed by atoms with Crippen molar-refractivity contribution in [3.8, 4) is 11.3 Å². The van der Waals surface area contributed by atoms with Crippen LogP contribution in [0.1, 0.15) is 5.69 Å². The Kier molecular flexibility index (Phi) is 2.72. The van der Waals surface area contributed by atoms with Crippen molar-refractivity contribution in [2.45, 2.75) is 6.92 Å². The lowest BCUT2D eigenvalue weighted by Gasteiger charge is -2.01. The summed E-state index contributed by atoms with van der Waals surface area (Å²) in [6.07, 6.45) is 3.56. The minimum absolute atomic E-state index is 0.765. The van der Waals surface area contributed by atoms with Gasteiger partial charge in [0.15, 0.2) is 3.83 Å². The fraction of sp³-hybridized carbons (Fsp3) is 0.100. The highest BCUT2D eigenvalue weighted by atomic mass is 127. The molecule has 0 amide bonds. The predicted octanol–water partition coefficient (Wildman–Crippen LogP) is 2.45. The van der Waals surface area contributed by atoms with E-state index in [0.717, 1.165) is 20.8 Å². The van der Waals surface area contributed by atoms with Gasteiger partial charge in [0.1, 0.15) is 0 Å². The van der Waals surface area contributed by atoms with Gasteiger partial charge in [0.05, 0.1) is 5.69 Å². The highest BCUT2D eigenvalue weighted by molar-refractivity contribution is 14.1. The van der Waals surface area contributed by atoms with E-state index >= 15 is 0 Å². The number of pyridine rings is 1. The molecule has 0 saturated heterocycles. The lowest BCUT2D eigenvalue weighted by atomic mass is 10.2. The second-order valence-electron chi connectivity index (χ2n) is 2.91. The SMILES string of the molecule is Cc1cc(-c2cccnc2)nc(I)n1. The van der Waals surface area contributed by atoms with Crippen molar-refractivity contribution in [1.29, 1.82) is 0 Å². The van der Waals surface area contributed by atoms with Gasteiger partial charge in [0.25, 0.3) is 0 Å². The largest absolute Gasteiger partial charge is 0.264 e. The summed E-state index contributed by atoms with van der Waals surface area (Å²) in [6.45, 7) is 1.96. The van der Waals surface area contributed by atoms with E-state index in [9.17, 15) is 0 Å². The van der Waals surface area contributed by atoms with Crippen molar-refractivity contribution in [3.05, 3.63) is 40.1 Å². The van der Waals surface area contributed by atoms with Crippen LogP contribution in [-0.4, -0.2) is 15.0 Å². The molecular formula is C10H8IN3. The van der Waals surface area contributed by atoms with Gasteiger partial charge in [0, 0.05) is 46.2 Å². The van der Waals surface area contributed by atoms with Crippen LogP contribution in [0.2, 0.25) is 0 Å². The fourth-order valence-electron chi connectivity index (χ4n) is 1.19. The molecule has 0 aliphatic carbocycles. The molecule has 0 atom stereocenters. The molecule has 3 nitrogen and oxygen atoms in total. The van der Waals surface area contributed by atoms with Gasteiger partial charge in [-0.15, -0.1) is 0 Å². The summed E-state index contributed by atoms with van der Waals surface area (Å²) < 4.78 is 0.765. The van der Waals surface area contributed by atoms with Crippen LogP contribution in [-0.2, 0) is 0 Å². The first-order chi connectivity index (χ1) is 6.75. The normalized spacial score (nSPS) is 10.1. The molecule has 0 aromatic carbocycles. The van der Waals surface area contributed by atoms with Crippen LogP contribution in [0.3, 0.4) is 0 Å². The summed E-state index contributed by atoms with van der Waals surface area (Å²) in [5.74, 6) is 0. The molecule has 2 heterocycles. The monoisotopic (exact) mass is 297 g/mol. The predicted molar refractivity (Wildman–Crippen MR) is 62.7 cm³/mol. The van der Waals surface area contributed by atoms with E-state index in [1.54, 1.807) is 12.4 Å². The first-order valence-corrected chi connectivity index (χ1v) is 5.25. The molecule has 0 aliphatic rings. The zero-order valence-electron chi connectivity index (χ0n) is 7.61. The summed E-state index contributed by atoms with van der Waals surface area (Å²) >= 11 is 2.12. The van der Waals surface area contributed by atoms with Crippen molar-refractivity contribution < 1.29 is 0 Å². The average molecular weight is 297 g/mol. The third kappa shape index (κ3) is 2.06. The zero-order chi connectivity index (χ0) is 9.97. The molecule has 0 radical (unpaired) electrons. The van der Waals surface area contributed by atoms with E-state index in [-0.39, 0.29) is 0 Å². The Hall–Kier alpha value is -1.04. The Labute approximate surface area is 95.8 Å². The van der Waals surface area contributed by atoms with Gasteiger partial charge < -0.3 is 0 Å². The third-order valence-corrected chi connectivity index (χ3v) is 2.27. The van der Waals surface area contributed by atoms with E-state index in [2.05, 4.69) is 37.5 Å². The number of hydrogen-bond donors (Lipinski definition) is 0. The standard InChI is InChI=1S/C10H8IN3/c1-7-5-9(14-10(11)13-7)8-3-2-4-12-6-8/h2-6H,1H3. The van der Waals surface area contributed by atoms with Gasteiger partial charge in [0.2, 0.25) is 0 Å². The second-order valence-corrected chi connectivity index (χ2v) is 3.87. The minimum Gasteiger partial charge on any atom is -0.264 e. The lowest BCUT2D eigenvalue weighted by molar-refractivity contribution is 1.05. The van der Waals surface area contributed by atoms with Crippen LogP contribution in [0.4, 0.5) is 0 Å². The van der Waals surface area contributed by atoms with Crippen LogP contribution in [0.5, 0.6) is 0 Å². The van der Waals surface area contributed by atoms with Gasteiger partial charge in [-0.1, -0.05) is 0 Å². The summed E-state index contributed by atoms with van der Waals surface area (Å²) in [7, 11) is 0. The maximum Gasteiger partial charge on any atom is 0.191 e. The topological polar surface area (TPSA) is 38.7 Å². The third-order valence-electron chi connectivity index (χ3n) is 1.78. The molecule has 0 spiro atoms. The maximum absolute atomic E-state index is 4.34. The Bertz CT molecular complexity index is 422. The van der Waals surface area contributed by atoms with Crippen LogP contribution in [0.15, 0.2) is 30.6 Å². The second kappa shape index (κ2) is 4.00. The van der Waals surface area contributed by atoms with Crippen LogP contribution >= 0.6 is 22.6 Å². The van der Waals surface area contributed by atoms with Gasteiger partial charge in [-0.2, -0.15) is 0 Å². The summed E-state index contributed by atoms with van der Waals surface area (Å²) in [4.78, 5) is 12.6. The number of hydrogen-bond acceptors (Lipinski definition) is 3. The van der Waals surface area contributed by atoms with E-state index in [0.29, 0.717) is 0 Å². The van der Waals surface area contributed by atoms with E-state index < -0.39 is 0 Å². The molecule has 2 aromatic heterocycles. The number of aryl methyl sites for hydroxylation is 1. The van der Waals surface area contributed by atoms with E-state index in [1.165, 1.54) is 0 Å². The molecule has 0 bridgehead atoms. The Morgan fingerprint density at radius 1 is 1.29 bits per heavy atom. The highest BCUT2D eigenvalue weighted by Crippen LogP contribution is 2.16. The van der Waals surface area contributed by atoms with Crippen molar-refractivity contribution in [2.24, 2.45) is 0 Å². The highest BCUT2D eigenvalue weighted by Gasteiger charge is 2.01. The van der Waals surface area contributed by atoms with E-state index in [1.807, 2.05) is 25.1 Å². The molecule has 70 valence electrons. The zero-order valence-corrected chi connectivity index (χ0v) is 9.76. The number of rotatable bonds is 1. The van der Waals surface area contributed by atoms with Gasteiger partial charge in [-0.3, -0.25) is 4.98 Å². The Balaban J connectivity index is 2.52. The van der Waals surface area contributed by atoms with Crippen LogP contribution in [0, 0.1) is 10.8 Å². The van der Waals surface area contributed by atoms with Crippen LogP contribution in [0.25, 0.3) is 11.3 Å². The molecule has 0 fully saturated rings. The summed E-state index contributed by atoms with van der Waals surface area (Å²) in [6, 6.07) is 5.85. The lowest BCUT2D eigenvalue weighted by Crippen LogP contribution is -1.93. The number of halogens is 1. The fourth-order valence-corrected chi connectivity index (χ4v) is 1.83. The molecule has 0 aliphatic heterocycles. The Morgan fingerprint density at radius 3 is 2.79 bits per heavy atom. The number of aromatic nitrogens is 3. The summed E-state index contributed by atoms with van der Waals surface area (Å²) in [5.41, 5.74) is 2.93. The van der Waals surface area contributed by atoms with Crippen molar-refractivity contribution in [3.63, 3.8) is 0 Å². The van der Waals surface area contributed by atoms with Gasteiger partial charge >= 0.3 is 0 Å². The number of nitrogens with zero attached hydrogens (tertiary/aromatic N) is 3. The molecular weight excluding hydrogens is 289 g/mol. The average Bonchev–Trinajstić information content (AvgIpc) is 2.18. The van der Waals surface area contributed by atoms with Gasteiger partial charge in [-0.05, 0) is 25.1 Å². The molecule has 2 aromatic rings. The van der Waals surface area contributed by atoms with Gasteiger partial charge in [-0.25, -0.2) is 9.97 Å². The summed E-state index contributed by atoms with van der Waals surface area (Å²) in [5, 5.41) is 0. The van der Waals surface area contributed by atoms with Crippen molar-refractivity contribution >= 4 is 22.6 Å². The molecule has 0 N–H and O–H groups in total. The smallest absolute Gasteiger partial charge is 0.191 e. The van der Waals surface area contributed by atoms with Crippen LogP contribution < -0.4 is 0 Å². The first-order valence-electron chi connectivity index (χ1n) is 4.17. The van der Waals surface area contributed by atoms with E-state index in [4.69, 9.17) is 0 Å². The molecule has 0 saturated carbocycles. The molecule has 0 unspecified atom stereocenters. The maximum atomic E-state index is 4.34. The molecule has 14 heavy (non-hydrogen) atoms. The first kappa shape index (κ1) is 9.51. The van der Waals surface area contributed by atoms with Crippen molar-refractivity contribution in [1.82, 2.24) is 15.0 Å². The van der Waals surface area contributed by atoms with Crippen molar-refractivity contribution in [2.75, 3.05) is 0 Å². The molecule has 4 heteroatoms.